The minimum absolute atomic E-state index is 0.0190. The van der Waals surface area contributed by atoms with Gasteiger partial charge in [0.05, 0.1) is 30.3 Å². The summed E-state index contributed by atoms with van der Waals surface area (Å²) in [6.45, 7) is 3.20. The number of carbonyl (C=O) groups excluding carboxylic acids is 1. The second kappa shape index (κ2) is 8.61. The lowest BCUT2D eigenvalue weighted by atomic mass is 9.93. The highest BCUT2D eigenvalue weighted by Crippen LogP contribution is 2.27. The molecule has 0 saturated carbocycles. The Hall–Kier alpha value is -2.93. The van der Waals surface area contributed by atoms with Gasteiger partial charge in [0.2, 0.25) is 0 Å². The first kappa shape index (κ1) is 19.4. The summed E-state index contributed by atoms with van der Waals surface area (Å²) in [6.07, 6.45) is 6.74. The molecule has 0 radical (unpaired) electrons. The Morgan fingerprint density at radius 1 is 1.14 bits per heavy atom. The van der Waals surface area contributed by atoms with Gasteiger partial charge in [-0.1, -0.05) is 23.7 Å². The molecule has 0 bridgehead atoms. The van der Waals surface area contributed by atoms with E-state index < -0.39 is 0 Å². The first-order valence-electron chi connectivity index (χ1n) is 9.63. The molecule has 3 aromatic rings. The van der Waals surface area contributed by atoms with Crippen molar-refractivity contribution in [3.05, 3.63) is 65.7 Å². The number of pyridine rings is 1. The van der Waals surface area contributed by atoms with Crippen LogP contribution in [0.1, 0.15) is 30.1 Å². The summed E-state index contributed by atoms with van der Waals surface area (Å²) in [5.74, 6) is 0.775. The molecule has 0 aliphatic carbocycles. The van der Waals surface area contributed by atoms with Gasteiger partial charge in [-0.2, -0.15) is 15.0 Å². The molecular weight excluding hydrogens is 390 g/mol. The summed E-state index contributed by atoms with van der Waals surface area (Å²) in [4.78, 5) is 20.8. The Bertz CT molecular complexity index is 979. The molecule has 3 heterocycles. The van der Waals surface area contributed by atoms with Crippen LogP contribution in [0.25, 0.3) is 5.69 Å². The van der Waals surface area contributed by atoms with E-state index in [1.807, 2.05) is 29.2 Å². The van der Waals surface area contributed by atoms with Crippen molar-refractivity contribution in [1.29, 1.82) is 0 Å². The monoisotopic (exact) mass is 411 g/mol. The standard InChI is InChI=1S/C21H22ClN5O2/c1-15-8-9-16(14-29-19-7-4-10-23-20(19)22)13-26(15)21(28)17-5-2-3-6-18(17)27-24-11-12-25-27/h2-7,10-12,15-16H,8-9,13-14H2,1H3. The quantitative estimate of drug-likeness (QED) is 0.599. The van der Waals surface area contributed by atoms with E-state index in [4.69, 9.17) is 16.3 Å². The van der Waals surface area contributed by atoms with Gasteiger partial charge >= 0.3 is 0 Å². The van der Waals surface area contributed by atoms with Gasteiger partial charge in [0.25, 0.3) is 5.91 Å². The number of rotatable bonds is 5. The highest BCUT2D eigenvalue weighted by atomic mass is 35.5. The molecule has 8 heteroatoms. The largest absolute Gasteiger partial charge is 0.490 e. The third kappa shape index (κ3) is 4.24. The van der Waals surface area contributed by atoms with Crippen LogP contribution in [-0.4, -0.2) is 50.0 Å². The van der Waals surface area contributed by atoms with Crippen LogP contribution in [0.3, 0.4) is 0 Å². The highest BCUT2D eigenvalue weighted by molar-refractivity contribution is 6.30. The Labute approximate surface area is 174 Å². The summed E-state index contributed by atoms with van der Waals surface area (Å²) in [7, 11) is 0. The fourth-order valence-corrected chi connectivity index (χ4v) is 3.79. The second-order valence-corrected chi connectivity index (χ2v) is 7.55. The molecule has 7 nitrogen and oxygen atoms in total. The van der Waals surface area contributed by atoms with E-state index in [9.17, 15) is 4.79 Å². The maximum Gasteiger partial charge on any atom is 0.256 e. The van der Waals surface area contributed by atoms with Gasteiger partial charge in [0, 0.05) is 24.7 Å². The molecule has 29 heavy (non-hydrogen) atoms. The lowest BCUT2D eigenvalue weighted by Crippen LogP contribution is -2.47. The van der Waals surface area contributed by atoms with E-state index in [1.165, 1.54) is 4.80 Å². The predicted octanol–water partition coefficient (Wildman–Crippen LogP) is 3.64. The first-order valence-corrected chi connectivity index (χ1v) is 10.0. The van der Waals surface area contributed by atoms with Gasteiger partial charge in [0.15, 0.2) is 10.9 Å². The number of likely N-dealkylation sites (tertiary alicyclic amines) is 1. The van der Waals surface area contributed by atoms with Crippen LogP contribution in [0.2, 0.25) is 5.15 Å². The summed E-state index contributed by atoms with van der Waals surface area (Å²) >= 11 is 6.08. The molecule has 2 unspecified atom stereocenters. The Kier molecular flexibility index (Phi) is 5.76. The van der Waals surface area contributed by atoms with Crippen LogP contribution in [0.5, 0.6) is 5.75 Å². The predicted molar refractivity (Wildman–Crippen MR) is 109 cm³/mol. The van der Waals surface area contributed by atoms with Crippen LogP contribution < -0.4 is 4.74 Å². The SMILES string of the molecule is CC1CCC(COc2cccnc2Cl)CN1C(=O)c1ccccc1-n1nccn1. The topological polar surface area (TPSA) is 73.1 Å². The average Bonchev–Trinajstić information content (AvgIpc) is 3.28. The van der Waals surface area contributed by atoms with E-state index in [-0.39, 0.29) is 17.9 Å². The molecule has 2 atom stereocenters. The number of aromatic nitrogens is 4. The number of halogens is 1. The van der Waals surface area contributed by atoms with Crippen molar-refractivity contribution < 1.29 is 9.53 Å². The minimum Gasteiger partial charge on any atom is -0.490 e. The molecule has 1 amide bonds. The zero-order chi connectivity index (χ0) is 20.2. The minimum atomic E-state index is -0.0190. The van der Waals surface area contributed by atoms with E-state index in [2.05, 4.69) is 22.1 Å². The molecule has 4 rings (SSSR count). The summed E-state index contributed by atoms with van der Waals surface area (Å²) in [6, 6.07) is 11.2. The van der Waals surface area contributed by atoms with Crippen LogP contribution in [0.4, 0.5) is 0 Å². The second-order valence-electron chi connectivity index (χ2n) is 7.19. The van der Waals surface area contributed by atoms with Crippen LogP contribution >= 0.6 is 11.6 Å². The van der Waals surface area contributed by atoms with Crippen molar-refractivity contribution in [2.24, 2.45) is 5.92 Å². The molecule has 1 aromatic carbocycles. The molecule has 1 saturated heterocycles. The van der Waals surface area contributed by atoms with E-state index in [0.717, 1.165) is 12.8 Å². The molecule has 1 aliphatic heterocycles. The van der Waals surface area contributed by atoms with Crippen molar-refractivity contribution in [3.63, 3.8) is 0 Å². The first-order chi connectivity index (χ1) is 14.1. The number of piperidine rings is 1. The lowest BCUT2D eigenvalue weighted by Gasteiger charge is -2.38. The van der Waals surface area contributed by atoms with Crippen molar-refractivity contribution in [3.8, 4) is 11.4 Å². The maximum absolute atomic E-state index is 13.4. The van der Waals surface area contributed by atoms with Gasteiger partial charge < -0.3 is 9.64 Å². The maximum atomic E-state index is 13.4. The van der Waals surface area contributed by atoms with Gasteiger partial charge in [-0.05, 0) is 44.0 Å². The number of nitrogens with zero attached hydrogens (tertiary/aromatic N) is 5. The van der Waals surface area contributed by atoms with E-state index >= 15 is 0 Å². The Morgan fingerprint density at radius 3 is 2.72 bits per heavy atom. The third-order valence-corrected chi connectivity index (χ3v) is 5.49. The van der Waals surface area contributed by atoms with Crippen LogP contribution in [0.15, 0.2) is 55.0 Å². The Morgan fingerprint density at radius 2 is 1.93 bits per heavy atom. The third-order valence-electron chi connectivity index (χ3n) is 5.21. The molecule has 1 aliphatic rings. The van der Waals surface area contributed by atoms with Crippen LogP contribution in [0, 0.1) is 5.92 Å². The average molecular weight is 412 g/mol. The molecule has 0 N–H and O–H groups in total. The summed E-state index contributed by atoms with van der Waals surface area (Å²) in [5.41, 5.74) is 1.27. The number of hydrogen-bond acceptors (Lipinski definition) is 5. The zero-order valence-electron chi connectivity index (χ0n) is 16.1. The van der Waals surface area contributed by atoms with Crippen molar-refractivity contribution in [2.75, 3.05) is 13.2 Å². The molecule has 1 fully saturated rings. The zero-order valence-corrected chi connectivity index (χ0v) is 16.9. The van der Waals surface area contributed by atoms with Gasteiger partial charge in [-0.25, -0.2) is 4.98 Å². The number of hydrogen-bond donors (Lipinski definition) is 0. The molecular formula is C21H22ClN5O2. The van der Waals surface area contributed by atoms with Crippen LogP contribution in [-0.2, 0) is 0 Å². The van der Waals surface area contributed by atoms with Crippen molar-refractivity contribution in [2.45, 2.75) is 25.8 Å². The normalized spacial score (nSPS) is 19.2. The summed E-state index contributed by atoms with van der Waals surface area (Å²) < 4.78 is 5.87. The van der Waals surface area contributed by atoms with Gasteiger partial charge in [-0.15, -0.1) is 0 Å². The van der Waals surface area contributed by atoms with Crippen molar-refractivity contribution >= 4 is 17.5 Å². The number of benzene rings is 1. The Balaban J connectivity index is 1.49. The van der Waals surface area contributed by atoms with E-state index in [1.54, 1.807) is 30.7 Å². The van der Waals surface area contributed by atoms with Crippen molar-refractivity contribution in [1.82, 2.24) is 24.9 Å². The smallest absolute Gasteiger partial charge is 0.256 e. The molecule has 0 spiro atoms. The number of carbonyl (C=O) groups is 1. The number of amides is 1. The van der Waals surface area contributed by atoms with Gasteiger partial charge in [-0.3, -0.25) is 4.79 Å². The van der Waals surface area contributed by atoms with Gasteiger partial charge in [0.1, 0.15) is 0 Å². The number of ether oxygens (including phenoxy) is 1. The summed E-state index contributed by atoms with van der Waals surface area (Å²) in [5, 5.41) is 8.70. The molecule has 150 valence electrons. The fraction of sp³-hybridized carbons (Fsp3) is 0.333. The van der Waals surface area contributed by atoms with E-state index in [0.29, 0.717) is 35.3 Å². The molecule has 2 aromatic heterocycles. The lowest BCUT2D eigenvalue weighted by molar-refractivity contribution is 0.0505. The number of para-hydroxylation sites is 1. The fourth-order valence-electron chi connectivity index (χ4n) is 3.61. The highest BCUT2D eigenvalue weighted by Gasteiger charge is 2.31.